The number of carbonyl (C=O) groups is 4. The van der Waals surface area contributed by atoms with E-state index >= 15 is 0 Å². The third-order valence-electron chi connectivity index (χ3n) is 7.62. The predicted octanol–water partition coefficient (Wildman–Crippen LogP) is 3.82. The average molecular weight is 517 g/mol. The van der Waals surface area contributed by atoms with E-state index < -0.39 is 11.9 Å². The van der Waals surface area contributed by atoms with Crippen LogP contribution in [0.25, 0.3) is 16.5 Å². The number of carbonyl (C=O) groups excluding carboxylic acids is 4. The first-order chi connectivity index (χ1) is 17.8. The average Bonchev–Trinajstić information content (AvgIpc) is 3.39. The Morgan fingerprint density at radius 3 is 2.68 bits per heavy atom. The van der Waals surface area contributed by atoms with Gasteiger partial charge in [0.05, 0.1) is 0 Å². The fourth-order valence-corrected chi connectivity index (χ4v) is 5.74. The molecular formula is C28H25ClN4O4. The van der Waals surface area contributed by atoms with Gasteiger partial charge >= 0.3 is 0 Å². The second-order valence-electron chi connectivity index (χ2n) is 9.82. The zero-order valence-electron chi connectivity index (χ0n) is 20.3. The van der Waals surface area contributed by atoms with E-state index in [0.717, 1.165) is 33.2 Å². The first kappa shape index (κ1) is 23.5. The van der Waals surface area contributed by atoms with Crippen LogP contribution in [0, 0.1) is 6.92 Å². The van der Waals surface area contributed by atoms with Crippen LogP contribution >= 0.6 is 11.6 Å². The summed E-state index contributed by atoms with van der Waals surface area (Å²) in [6.07, 6.45) is 3.33. The van der Waals surface area contributed by atoms with Gasteiger partial charge in [-0.25, -0.2) is 0 Å². The molecule has 0 aliphatic carbocycles. The van der Waals surface area contributed by atoms with Crippen LogP contribution in [0.15, 0.2) is 42.5 Å². The van der Waals surface area contributed by atoms with Gasteiger partial charge in [-0.1, -0.05) is 29.8 Å². The fraction of sp³-hybridized carbons (Fsp3) is 0.286. The molecule has 0 radical (unpaired) electrons. The Kier molecular flexibility index (Phi) is 5.64. The van der Waals surface area contributed by atoms with Gasteiger partial charge in [-0.15, -0.1) is 0 Å². The number of nitrogens with zero attached hydrogens (tertiary/aromatic N) is 2. The molecule has 1 aromatic heterocycles. The third kappa shape index (κ3) is 4.01. The summed E-state index contributed by atoms with van der Waals surface area (Å²) in [6.45, 7) is 3.35. The van der Waals surface area contributed by atoms with Gasteiger partial charge in [0.15, 0.2) is 0 Å². The van der Waals surface area contributed by atoms with Crippen molar-refractivity contribution in [3.8, 4) is 0 Å². The number of hydrogen-bond acceptors (Lipinski definition) is 4. The summed E-state index contributed by atoms with van der Waals surface area (Å²) in [4.78, 5) is 56.7. The normalized spacial score (nSPS) is 19.8. The second kappa shape index (κ2) is 8.88. The Morgan fingerprint density at radius 2 is 1.92 bits per heavy atom. The molecule has 37 heavy (non-hydrogen) atoms. The molecule has 2 N–H and O–H groups in total. The third-order valence-corrected chi connectivity index (χ3v) is 7.86. The molecule has 1 unspecified atom stereocenters. The van der Waals surface area contributed by atoms with Crippen LogP contribution in [0.2, 0.25) is 5.02 Å². The summed E-state index contributed by atoms with van der Waals surface area (Å²) >= 11 is 6.11. The Balaban J connectivity index is 1.18. The van der Waals surface area contributed by atoms with E-state index in [4.69, 9.17) is 11.6 Å². The SMILES string of the molecule is Cc1c(C(=O)N2CC=C(c3ccc4c(c3)CN(C3CCC(=O)NC3=O)C4=O)CC2)[nH]c2cc(Cl)ccc12. The van der Waals surface area contributed by atoms with Crippen molar-refractivity contribution in [2.45, 2.75) is 38.8 Å². The van der Waals surface area contributed by atoms with E-state index in [2.05, 4.69) is 16.4 Å². The Hall–Kier alpha value is -3.91. The maximum absolute atomic E-state index is 13.3. The highest BCUT2D eigenvalue weighted by molar-refractivity contribution is 6.31. The molecular weight excluding hydrogens is 492 g/mol. The Labute approximate surface area is 218 Å². The topological polar surface area (TPSA) is 103 Å². The number of rotatable bonds is 3. The molecule has 0 saturated carbocycles. The van der Waals surface area contributed by atoms with Crippen molar-refractivity contribution >= 4 is 51.7 Å². The summed E-state index contributed by atoms with van der Waals surface area (Å²) in [5.41, 5.74) is 5.95. The Bertz CT molecular complexity index is 1540. The Morgan fingerprint density at radius 1 is 1.08 bits per heavy atom. The van der Waals surface area contributed by atoms with E-state index in [1.807, 2.05) is 48.2 Å². The van der Waals surface area contributed by atoms with Gasteiger partial charge in [0.1, 0.15) is 11.7 Å². The van der Waals surface area contributed by atoms with Gasteiger partial charge < -0.3 is 14.8 Å². The first-order valence-electron chi connectivity index (χ1n) is 12.3. The van der Waals surface area contributed by atoms with Crippen molar-refractivity contribution in [2.24, 2.45) is 0 Å². The zero-order valence-corrected chi connectivity index (χ0v) is 21.0. The molecule has 0 bridgehead atoms. The molecule has 3 aromatic rings. The lowest BCUT2D eigenvalue weighted by atomic mass is 9.96. The quantitative estimate of drug-likeness (QED) is 0.516. The summed E-state index contributed by atoms with van der Waals surface area (Å²) in [5.74, 6) is -0.931. The van der Waals surface area contributed by atoms with E-state index in [0.29, 0.717) is 48.8 Å². The number of H-pyrrole nitrogens is 1. The highest BCUT2D eigenvalue weighted by atomic mass is 35.5. The minimum Gasteiger partial charge on any atom is -0.350 e. The summed E-state index contributed by atoms with van der Waals surface area (Å²) in [5, 5.41) is 3.94. The van der Waals surface area contributed by atoms with Crippen molar-refractivity contribution in [3.63, 3.8) is 0 Å². The molecule has 6 rings (SSSR count). The van der Waals surface area contributed by atoms with Gasteiger partial charge in [0.25, 0.3) is 11.8 Å². The molecule has 2 aromatic carbocycles. The van der Waals surface area contributed by atoms with Crippen molar-refractivity contribution in [2.75, 3.05) is 13.1 Å². The van der Waals surface area contributed by atoms with Crippen LogP contribution in [0.1, 0.15) is 56.8 Å². The number of aryl methyl sites for hydroxylation is 1. The maximum atomic E-state index is 13.3. The lowest BCUT2D eigenvalue weighted by Gasteiger charge is -2.29. The van der Waals surface area contributed by atoms with Crippen LogP contribution in [0.4, 0.5) is 0 Å². The van der Waals surface area contributed by atoms with Gasteiger partial charge in [-0.2, -0.15) is 0 Å². The number of fused-ring (bicyclic) bond motifs is 2. The molecule has 8 nitrogen and oxygen atoms in total. The summed E-state index contributed by atoms with van der Waals surface area (Å²) < 4.78 is 0. The number of benzene rings is 2. The van der Waals surface area contributed by atoms with Crippen molar-refractivity contribution in [3.05, 3.63) is 75.4 Å². The second-order valence-corrected chi connectivity index (χ2v) is 10.3. The number of halogens is 1. The monoisotopic (exact) mass is 516 g/mol. The molecule has 4 heterocycles. The number of hydrogen-bond donors (Lipinski definition) is 2. The van der Waals surface area contributed by atoms with Crippen LogP contribution < -0.4 is 5.32 Å². The fourth-order valence-electron chi connectivity index (χ4n) is 5.57. The minimum atomic E-state index is -0.626. The molecule has 1 fully saturated rings. The van der Waals surface area contributed by atoms with Crippen LogP contribution in [0.5, 0.6) is 0 Å². The maximum Gasteiger partial charge on any atom is 0.270 e. The van der Waals surface area contributed by atoms with Crippen molar-refractivity contribution < 1.29 is 19.2 Å². The van der Waals surface area contributed by atoms with Gasteiger partial charge in [0, 0.05) is 47.5 Å². The van der Waals surface area contributed by atoms with E-state index in [1.54, 1.807) is 4.90 Å². The van der Waals surface area contributed by atoms with E-state index in [1.165, 1.54) is 0 Å². The number of aromatic amines is 1. The van der Waals surface area contributed by atoms with Crippen LogP contribution in [-0.2, 0) is 16.1 Å². The highest BCUT2D eigenvalue weighted by Crippen LogP contribution is 2.32. The first-order valence-corrected chi connectivity index (χ1v) is 12.7. The number of amides is 4. The van der Waals surface area contributed by atoms with Crippen LogP contribution in [0.3, 0.4) is 0 Å². The van der Waals surface area contributed by atoms with E-state index in [9.17, 15) is 19.2 Å². The zero-order chi connectivity index (χ0) is 25.8. The minimum absolute atomic E-state index is 0.0421. The highest BCUT2D eigenvalue weighted by Gasteiger charge is 2.39. The van der Waals surface area contributed by atoms with Gasteiger partial charge in [-0.05, 0) is 66.3 Å². The number of nitrogens with one attached hydrogen (secondary N) is 2. The molecule has 1 atom stereocenters. The smallest absolute Gasteiger partial charge is 0.270 e. The molecule has 3 aliphatic rings. The van der Waals surface area contributed by atoms with Gasteiger partial charge in [-0.3, -0.25) is 24.5 Å². The molecule has 3 aliphatic heterocycles. The molecule has 188 valence electrons. The van der Waals surface area contributed by atoms with Crippen molar-refractivity contribution in [1.29, 1.82) is 0 Å². The number of aromatic nitrogens is 1. The summed E-state index contributed by atoms with van der Waals surface area (Å²) in [6, 6.07) is 10.7. The lowest BCUT2D eigenvalue weighted by Crippen LogP contribution is -2.52. The predicted molar refractivity (Wildman–Crippen MR) is 139 cm³/mol. The van der Waals surface area contributed by atoms with Crippen LogP contribution in [-0.4, -0.2) is 57.5 Å². The molecule has 9 heteroatoms. The molecule has 1 saturated heterocycles. The largest absolute Gasteiger partial charge is 0.350 e. The molecule has 4 amide bonds. The van der Waals surface area contributed by atoms with Gasteiger partial charge in [0.2, 0.25) is 11.8 Å². The molecule has 0 spiro atoms. The number of imide groups is 1. The summed E-state index contributed by atoms with van der Waals surface area (Å²) in [7, 11) is 0. The van der Waals surface area contributed by atoms with Crippen molar-refractivity contribution in [1.82, 2.24) is 20.1 Å². The number of piperidine rings is 1. The van der Waals surface area contributed by atoms with E-state index in [-0.39, 0.29) is 24.1 Å². The standard InChI is InChI=1S/C28H25ClN4O4/c1-15-20-5-3-19(29)13-22(20)30-25(15)28(37)32-10-8-16(9-11-32)17-2-4-21-18(12-17)14-33(27(21)36)23-6-7-24(34)31-26(23)35/h2-5,8,12-13,23,30H,6-7,9-11,14H2,1H3,(H,31,34,35). The lowest BCUT2D eigenvalue weighted by molar-refractivity contribution is -0.136.